The average Bonchev–Trinajstić information content (AvgIpc) is 2.28. The monoisotopic (exact) mass is 215 g/mol. The Morgan fingerprint density at radius 1 is 1.31 bits per heavy atom. The molecule has 0 spiro atoms. The van der Waals surface area contributed by atoms with Gasteiger partial charge in [0.1, 0.15) is 0 Å². The highest BCUT2D eigenvalue weighted by Gasteiger charge is 2.01. The summed E-state index contributed by atoms with van der Waals surface area (Å²) >= 11 is 0. The Kier molecular flexibility index (Phi) is 2.72. The average molecular weight is 215 g/mol. The van der Waals surface area contributed by atoms with Crippen molar-refractivity contribution < 1.29 is 0 Å². The van der Waals surface area contributed by atoms with E-state index in [0.29, 0.717) is 5.69 Å². The van der Waals surface area contributed by atoms with Crippen LogP contribution in [0.1, 0.15) is 12.5 Å². The molecule has 0 radical (unpaired) electrons. The lowest BCUT2D eigenvalue weighted by atomic mass is 10.1. The van der Waals surface area contributed by atoms with Crippen molar-refractivity contribution in [3.05, 3.63) is 46.2 Å². The van der Waals surface area contributed by atoms with Crippen LogP contribution in [0.2, 0.25) is 0 Å². The van der Waals surface area contributed by atoms with Crippen LogP contribution in [0.5, 0.6) is 0 Å². The molecular weight excluding hydrogens is 202 g/mol. The first-order chi connectivity index (χ1) is 7.69. The molecule has 4 heteroatoms. The molecular formula is C12H13N3O. The Balaban J connectivity index is 2.46. The number of hydrogen-bond acceptors (Lipinski definition) is 3. The minimum Gasteiger partial charge on any atom is -0.369 e. The van der Waals surface area contributed by atoms with E-state index in [-0.39, 0.29) is 11.5 Å². The zero-order valence-electron chi connectivity index (χ0n) is 9.03. The first-order valence-corrected chi connectivity index (χ1v) is 5.15. The number of benzene rings is 1. The molecule has 2 aromatic rings. The molecule has 82 valence electrons. The van der Waals surface area contributed by atoms with E-state index in [2.05, 4.69) is 16.9 Å². The number of nitrogens with one attached hydrogen (secondary N) is 1. The third kappa shape index (κ3) is 2.11. The van der Waals surface area contributed by atoms with Gasteiger partial charge in [-0.3, -0.25) is 9.78 Å². The van der Waals surface area contributed by atoms with Gasteiger partial charge in [0.05, 0.1) is 5.69 Å². The molecule has 0 saturated carbocycles. The predicted octanol–water partition coefficient (Wildman–Crippen LogP) is 1.58. The van der Waals surface area contributed by atoms with Crippen LogP contribution in [0, 0.1) is 0 Å². The number of nitrogens with zero attached hydrogens (tertiary/aromatic N) is 1. The number of aromatic nitrogens is 2. The summed E-state index contributed by atoms with van der Waals surface area (Å²) in [4.78, 5) is 17.7. The van der Waals surface area contributed by atoms with Crippen molar-refractivity contribution in [2.24, 2.45) is 0 Å². The second-order valence-corrected chi connectivity index (χ2v) is 3.57. The summed E-state index contributed by atoms with van der Waals surface area (Å²) in [6.45, 7) is 2.10. The molecule has 4 nitrogen and oxygen atoms in total. The van der Waals surface area contributed by atoms with Crippen LogP contribution in [0.25, 0.3) is 11.3 Å². The molecule has 0 amide bonds. The maximum Gasteiger partial charge on any atom is 0.252 e. The maximum absolute atomic E-state index is 11.2. The molecule has 0 unspecified atom stereocenters. The van der Waals surface area contributed by atoms with Crippen LogP contribution < -0.4 is 11.3 Å². The molecule has 0 aliphatic heterocycles. The summed E-state index contributed by atoms with van der Waals surface area (Å²) < 4.78 is 0. The standard InChI is InChI=1S/C12H13N3O/c1-2-8-3-5-9(6-4-8)10-7-11(16)15-12(13)14-10/h3-7H,2H2,1H3,(H3,13,14,15,16). The highest BCUT2D eigenvalue weighted by molar-refractivity contribution is 5.59. The lowest BCUT2D eigenvalue weighted by molar-refractivity contribution is 1.13. The molecule has 0 bridgehead atoms. The molecule has 0 aliphatic carbocycles. The number of nitrogen functional groups attached to an aromatic ring is 1. The number of aryl methyl sites for hydroxylation is 1. The Hall–Kier alpha value is -2.10. The van der Waals surface area contributed by atoms with Crippen molar-refractivity contribution in [1.29, 1.82) is 0 Å². The first kappa shape index (κ1) is 10.4. The van der Waals surface area contributed by atoms with Gasteiger partial charge in [0, 0.05) is 11.6 Å². The molecule has 0 saturated heterocycles. The van der Waals surface area contributed by atoms with Crippen molar-refractivity contribution in [2.45, 2.75) is 13.3 Å². The second kappa shape index (κ2) is 4.18. The van der Waals surface area contributed by atoms with Gasteiger partial charge in [0.25, 0.3) is 5.56 Å². The van der Waals surface area contributed by atoms with Crippen LogP contribution in [0.3, 0.4) is 0 Å². The van der Waals surface area contributed by atoms with Crippen molar-refractivity contribution >= 4 is 5.95 Å². The molecule has 2 rings (SSSR count). The van der Waals surface area contributed by atoms with Gasteiger partial charge in [-0.15, -0.1) is 0 Å². The van der Waals surface area contributed by atoms with Crippen molar-refractivity contribution in [3.63, 3.8) is 0 Å². The summed E-state index contributed by atoms with van der Waals surface area (Å²) in [6.07, 6.45) is 0.991. The van der Waals surface area contributed by atoms with Crippen molar-refractivity contribution in [1.82, 2.24) is 9.97 Å². The predicted molar refractivity (Wildman–Crippen MR) is 64.1 cm³/mol. The van der Waals surface area contributed by atoms with Gasteiger partial charge in [0.2, 0.25) is 5.95 Å². The van der Waals surface area contributed by atoms with Crippen molar-refractivity contribution in [2.75, 3.05) is 5.73 Å². The SMILES string of the molecule is CCc1ccc(-c2cc(=O)[nH]c(N)n2)cc1. The molecule has 16 heavy (non-hydrogen) atoms. The molecule has 1 aromatic heterocycles. The van der Waals surface area contributed by atoms with Gasteiger partial charge >= 0.3 is 0 Å². The molecule has 0 fully saturated rings. The van der Waals surface area contributed by atoms with Gasteiger partial charge in [-0.05, 0) is 12.0 Å². The highest BCUT2D eigenvalue weighted by Crippen LogP contribution is 2.16. The summed E-state index contributed by atoms with van der Waals surface area (Å²) in [5.74, 6) is 0.141. The zero-order valence-corrected chi connectivity index (χ0v) is 9.03. The number of anilines is 1. The van der Waals surface area contributed by atoms with Crippen LogP contribution in [0.15, 0.2) is 35.1 Å². The molecule has 0 aliphatic rings. The van der Waals surface area contributed by atoms with Gasteiger partial charge in [-0.25, -0.2) is 4.98 Å². The van der Waals surface area contributed by atoms with Crippen LogP contribution >= 0.6 is 0 Å². The minimum absolute atomic E-state index is 0.141. The first-order valence-electron chi connectivity index (χ1n) is 5.15. The van der Waals surface area contributed by atoms with E-state index in [1.807, 2.05) is 24.3 Å². The Labute approximate surface area is 93.2 Å². The van der Waals surface area contributed by atoms with E-state index in [9.17, 15) is 4.79 Å². The van der Waals surface area contributed by atoms with E-state index < -0.39 is 0 Å². The smallest absolute Gasteiger partial charge is 0.252 e. The van der Waals surface area contributed by atoms with Gasteiger partial charge in [0.15, 0.2) is 0 Å². The molecule has 1 heterocycles. The van der Waals surface area contributed by atoms with Crippen LogP contribution in [0.4, 0.5) is 5.95 Å². The second-order valence-electron chi connectivity index (χ2n) is 3.57. The number of hydrogen-bond donors (Lipinski definition) is 2. The van der Waals surface area contributed by atoms with E-state index in [1.165, 1.54) is 11.6 Å². The lowest BCUT2D eigenvalue weighted by Gasteiger charge is -2.02. The van der Waals surface area contributed by atoms with Crippen LogP contribution in [-0.2, 0) is 6.42 Å². The topological polar surface area (TPSA) is 71.8 Å². The number of aromatic amines is 1. The molecule has 3 N–H and O–H groups in total. The Morgan fingerprint density at radius 3 is 2.56 bits per heavy atom. The summed E-state index contributed by atoms with van der Waals surface area (Å²) in [7, 11) is 0. The normalized spacial score (nSPS) is 10.3. The number of rotatable bonds is 2. The third-order valence-corrected chi connectivity index (χ3v) is 2.42. The summed E-state index contributed by atoms with van der Waals surface area (Å²) in [5, 5.41) is 0. The Morgan fingerprint density at radius 2 is 2.00 bits per heavy atom. The summed E-state index contributed by atoms with van der Waals surface area (Å²) in [6, 6.07) is 9.38. The fourth-order valence-electron chi connectivity index (χ4n) is 1.54. The van der Waals surface area contributed by atoms with Crippen molar-refractivity contribution in [3.8, 4) is 11.3 Å². The number of nitrogens with two attached hydrogens (primary N) is 1. The lowest BCUT2D eigenvalue weighted by Crippen LogP contribution is -2.10. The largest absolute Gasteiger partial charge is 0.369 e. The fourth-order valence-corrected chi connectivity index (χ4v) is 1.54. The summed E-state index contributed by atoms with van der Waals surface area (Å²) in [5.41, 5.74) is 8.00. The van der Waals surface area contributed by atoms with E-state index in [1.54, 1.807) is 0 Å². The zero-order chi connectivity index (χ0) is 11.5. The van der Waals surface area contributed by atoms with Gasteiger partial charge in [-0.1, -0.05) is 31.2 Å². The van der Waals surface area contributed by atoms with Gasteiger partial charge < -0.3 is 5.73 Å². The molecule has 0 atom stereocenters. The fraction of sp³-hybridized carbons (Fsp3) is 0.167. The van der Waals surface area contributed by atoms with E-state index >= 15 is 0 Å². The maximum atomic E-state index is 11.2. The number of H-pyrrole nitrogens is 1. The molecule has 1 aromatic carbocycles. The third-order valence-electron chi connectivity index (χ3n) is 2.42. The minimum atomic E-state index is -0.234. The van der Waals surface area contributed by atoms with Crippen LogP contribution in [-0.4, -0.2) is 9.97 Å². The Bertz CT molecular complexity index is 543. The van der Waals surface area contributed by atoms with E-state index in [4.69, 9.17) is 5.73 Å². The quantitative estimate of drug-likeness (QED) is 0.798. The highest BCUT2D eigenvalue weighted by atomic mass is 16.1. The van der Waals surface area contributed by atoms with Gasteiger partial charge in [-0.2, -0.15) is 0 Å². The van der Waals surface area contributed by atoms with E-state index in [0.717, 1.165) is 12.0 Å².